The number of pyridine rings is 1. The molecule has 0 spiro atoms. The first-order valence-corrected chi connectivity index (χ1v) is 15.9. The molecule has 1 unspecified atom stereocenters. The number of rotatable bonds is 6. The molecule has 256 valence electrons. The number of carbonyl (C=O) groups is 1. The highest BCUT2D eigenvalue weighted by Crippen LogP contribution is 2.42. The van der Waals surface area contributed by atoms with E-state index in [0.717, 1.165) is 6.07 Å². The van der Waals surface area contributed by atoms with Crippen LogP contribution in [-0.2, 0) is 4.79 Å². The summed E-state index contributed by atoms with van der Waals surface area (Å²) in [5.41, 5.74) is -1.33. The van der Waals surface area contributed by atoms with E-state index in [2.05, 4.69) is 33.5 Å². The molecule has 50 heavy (non-hydrogen) atoms. The minimum Gasteiger partial charge on any atom is -0.508 e. The molecular formula is C36H31F4N7O3. The lowest BCUT2D eigenvalue weighted by atomic mass is 9.96. The van der Waals surface area contributed by atoms with Gasteiger partial charge < -0.3 is 19.6 Å². The van der Waals surface area contributed by atoms with E-state index in [4.69, 9.17) is 11.2 Å². The minimum atomic E-state index is -1.14. The molecule has 1 amide bonds. The zero-order chi connectivity index (χ0) is 35.6. The number of ether oxygens (including phenoxy) is 1. The van der Waals surface area contributed by atoms with Gasteiger partial charge in [-0.3, -0.25) is 14.7 Å². The number of nitriles is 1. The molecule has 3 saturated heterocycles. The Kier molecular flexibility index (Phi) is 8.02. The number of likely N-dealkylation sites (N-methyl/N-ethyl adjacent to an activating group) is 1. The fraction of sp³-hybridized carbons (Fsp3) is 0.361. The molecule has 3 fully saturated rings. The predicted molar refractivity (Wildman–Crippen MR) is 176 cm³/mol. The van der Waals surface area contributed by atoms with E-state index in [0.29, 0.717) is 5.39 Å². The van der Waals surface area contributed by atoms with Crippen molar-refractivity contribution < 1.29 is 32.2 Å². The van der Waals surface area contributed by atoms with Crippen LogP contribution < -0.4 is 9.64 Å². The van der Waals surface area contributed by atoms with Gasteiger partial charge in [-0.05, 0) is 44.0 Å². The van der Waals surface area contributed by atoms with Crippen LogP contribution in [0.3, 0.4) is 0 Å². The van der Waals surface area contributed by atoms with E-state index >= 15 is 4.39 Å². The van der Waals surface area contributed by atoms with Gasteiger partial charge in [-0.15, -0.1) is 6.42 Å². The fourth-order valence-electron chi connectivity index (χ4n) is 7.60. The van der Waals surface area contributed by atoms with Gasteiger partial charge in [0.15, 0.2) is 11.6 Å². The van der Waals surface area contributed by atoms with Crippen LogP contribution in [0.25, 0.3) is 32.9 Å². The molecule has 2 aromatic heterocycles. The van der Waals surface area contributed by atoms with Crippen molar-refractivity contribution in [3.8, 4) is 41.4 Å². The van der Waals surface area contributed by atoms with Gasteiger partial charge in [0.2, 0.25) is 0 Å². The van der Waals surface area contributed by atoms with Crippen LogP contribution in [0.4, 0.5) is 23.4 Å². The molecule has 10 nitrogen and oxygen atoms in total. The van der Waals surface area contributed by atoms with Crippen molar-refractivity contribution in [2.45, 2.75) is 43.6 Å². The number of phenols is 1. The Morgan fingerprint density at radius 3 is 2.70 bits per heavy atom. The van der Waals surface area contributed by atoms with Gasteiger partial charge in [-0.2, -0.15) is 15.2 Å². The Balaban J connectivity index is 1.38. The maximum atomic E-state index is 16.9. The number of halogens is 4. The van der Waals surface area contributed by atoms with Gasteiger partial charge in [0.05, 0.1) is 40.6 Å². The monoisotopic (exact) mass is 685 g/mol. The summed E-state index contributed by atoms with van der Waals surface area (Å²) in [5, 5.41) is 21.1. The Bertz CT molecular complexity index is 2190. The van der Waals surface area contributed by atoms with Gasteiger partial charge in [0.25, 0.3) is 5.91 Å². The SMILES string of the molecule is C#Cc1c(F)ccc2cc(O)cc(-c3ncc4c(N5C[C@H]6CC(C#N)[C@@H](C5)N6C(=O)C(=C)F)nc(OC[C@]5(C)C[C@@H](F)CN5C)nc4c3F)c12. The predicted octanol–water partition coefficient (Wildman–Crippen LogP) is 5.03. The summed E-state index contributed by atoms with van der Waals surface area (Å²) >= 11 is 0. The topological polar surface area (TPSA) is 119 Å². The van der Waals surface area contributed by atoms with Gasteiger partial charge in [-0.25, -0.2) is 17.6 Å². The van der Waals surface area contributed by atoms with Gasteiger partial charge in [0, 0.05) is 43.2 Å². The summed E-state index contributed by atoms with van der Waals surface area (Å²) in [4.78, 5) is 31.1. The number of nitrogens with zero attached hydrogens (tertiary/aromatic N) is 7. The number of aromatic nitrogens is 3. The molecule has 5 heterocycles. The van der Waals surface area contributed by atoms with E-state index in [-0.39, 0.29) is 89.8 Å². The van der Waals surface area contributed by atoms with Crippen LogP contribution in [0.5, 0.6) is 11.8 Å². The van der Waals surface area contributed by atoms with E-state index in [1.54, 1.807) is 11.9 Å². The maximum absolute atomic E-state index is 16.9. The highest BCUT2D eigenvalue weighted by atomic mass is 19.1. The fourth-order valence-corrected chi connectivity index (χ4v) is 7.60. The molecule has 7 rings (SSSR count). The number of amides is 1. The summed E-state index contributed by atoms with van der Waals surface area (Å²) in [6.45, 7) is 5.33. The number of likely N-dealkylation sites (tertiary alicyclic amines) is 1. The third-order valence-corrected chi connectivity index (χ3v) is 10.2. The molecule has 5 atom stereocenters. The van der Waals surface area contributed by atoms with Crippen LogP contribution in [-0.4, -0.2) is 92.8 Å². The van der Waals surface area contributed by atoms with Crippen molar-refractivity contribution in [2.24, 2.45) is 5.92 Å². The van der Waals surface area contributed by atoms with E-state index in [1.165, 1.54) is 29.3 Å². The lowest BCUT2D eigenvalue weighted by Gasteiger charge is -2.41. The van der Waals surface area contributed by atoms with Crippen molar-refractivity contribution in [1.29, 1.82) is 5.26 Å². The zero-order valence-electron chi connectivity index (χ0n) is 27.1. The average Bonchev–Trinajstić information content (AvgIpc) is 3.47. The molecule has 0 radical (unpaired) electrons. The summed E-state index contributed by atoms with van der Waals surface area (Å²) in [5.74, 6) is -2.03. The summed E-state index contributed by atoms with van der Waals surface area (Å²) in [6.07, 6.45) is 6.40. The largest absolute Gasteiger partial charge is 0.508 e. The van der Waals surface area contributed by atoms with Gasteiger partial charge in [-0.1, -0.05) is 18.6 Å². The summed E-state index contributed by atoms with van der Waals surface area (Å²) in [6, 6.07) is 5.87. The molecule has 0 aliphatic carbocycles. The zero-order valence-corrected chi connectivity index (χ0v) is 27.1. The van der Waals surface area contributed by atoms with E-state index < -0.39 is 53.1 Å². The number of phenolic OH excluding ortho intramolecular Hbond substituents is 1. The molecule has 1 N–H and O–H groups in total. The second kappa shape index (κ2) is 12.1. The van der Waals surface area contributed by atoms with Crippen LogP contribution in [0.15, 0.2) is 42.9 Å². The van der Waals surface area contributed by atoms with Crippen molar-refractivity contribution in [1.82, 2.24) is 24.8 Å². The van der Waals surface area contributed by atoms with Crippen LogP contribution >= 0.6 is 0 Å². The first-order valence-electron chi connectivity index (χ1n) is 15.9. The van der Waals surface area contributed by atoms with E-state index in [9.17, 15) is 28.3 Å². The number of piperazine rings is 1. The number of anilines is 1. The van der Waals surface area contributed by atoms with Crippen molar-refractivity contribution in [2.75, 3.05) is 38.2 Å². The number of hydrogen-bond acceptors (Lipinski definition) is 9. The Hall–Kier alpha value is -5.47. The summed E-state index contributed by atoms with van der Waals surface area (Å²) < 4.78 is 66.2. The van der Waals surface area contributed by atoms with Crippen LogP contribution in [0.1, 0.15) is 25.3 Å². The first-order chi connectivity index (χ1) is 23.8. The average molecular weight is 686 g/mol. The molecule has 3 aliphatic rings. The van der Waals surface area contributed by atoms with Crippen molar-refractivity contribution >= 4 is 33.4 Å². The standard InChI is InChI=1S/C36H31F4N7O3/c1-5-24-27(39)7-6-19-9-23(48)10-25(29(19)24)31-30(40)32-26(13-42-31)33(44-35(43-32)50-17-36(3)11-21(38)14-45(36)4)46-15-22-8-20(12-41)28(16-46)47(22)34(49)18(2)37/h1,6-7,9-10,13,20-22,28,48H,2,8,11,14-17H2,3-4H3/t20?,21-,22-,28-,36+/m1/s1. The second-order valence-electron chi connectivity index (χ2n) is 13.4. The Labute approximate surface area is 284 Å². The first kappa shape index (κ1) is 33.0. The summed E-state index contributed by atoms with van der Waals surface area (Å²) in [7, 11) is 1.77. The van der Waals surface area contributed by atoms with Gasteiger partial charge >= 0.3 is 6.01 Å². The molecule has 0 saturated carbocycles. The second-order valence-corrected chi connectivity index (χ2v) is 13.4. The normalized spacial score (nSPS) is 24.8. The lowest BCUT2D eigenvalue weighted by Crippen LogP contribution is -2.57. The molecule has 14 heteroatoms. The Morgan fingerprint density at radius 2 is 2.02 bits per heavy atom. The number of aromatic hydroxyl groups is 1. The molecule has 2 bridgehead atoms. The number of alkyl halides is 1. The third-order valence-electron chi connectivity index (χ3n) is 10.2. The molecule has 3 aliphatic heterocycles. The number of carbonyl (C=O) groups excluding carboxylic acids is 1. The number of terminal acetylenes is 1. The van der Waals surface area contributed by atoms with E-state index in [1.807, 2.05) is 11.8 Å². The Morgan fingerprint density at radius 1 is 1.24 bits per heavy atom. The molecular weight excluding hydrogens is 654 g/mol. The lowest BCUT2D eigenvalue weighted by molar-refractivity contribution is -0.132. The maximum Gasteiger partial charge on any atom is 0.319 e. The quantitative estimate of drug-likeness (QED) is 0.169. The third kappa shape index (κ3) is 5.31. The highest BCUT2D eigenvalue weighted by molar-refractivity contribution is 6.03. The highest BCUT2D eigenvalue weighted by Gasteiger charge is 2.50. The number of hydrogen-bond donors (Lipinski definition) is 1. The smallest absolute Gasteiger partial charge is 0.319 e. The van der Waals surface area contributed by atoms with Crippen molar-refractivity contribution in [3.63, 3.8) is 0 Å². The van der Waals surface area contributed by atoms with Crippen LogP contribution in [0.2, 0.25) is 0 Å². The molecule has 4 aromatic rings. The van der Waals surface area contributed by atoms with Crippen molar-refractivity contribution in [3.05, 3.63) is 60.1 Å². The molecule has 2 aromatic carbocycles. The van der Waals surface area contributed by atoms with Crippen LogP contribution in [0, 0.1) is 41.2 Å². The number of fused-ring (bicyclic) bond motifs is 4. The van der Waals surface area contributed by atoms with Gasteiger partial charge in [0.1, 0.15) is 41.4 Å². The number of benzene rings is 2. The minimum absolute atomic E-state index is 0.0250.